The summed E-state index contributed by atoms with van der Waals surface area (Å²) >= 11 is 1.35. The van der Waals surface area contributed by atoms with Gasteiger partial charge in [-0.3, -0.25) is 4.79 Å². The van der Waals surface area contributed by atoms with Gasteiger partial charge < -0.3 is 5.11 Å². The van der Waals surface area contributed by atoms with Gasteiger partial charge in [-0.25, -0.2) is 4.98 Å². The molecule has 0 unspecified atom stereocenters. The molecule has 0 fully saturated rings. The zero-order chi connectivity index (χ0) is 19.7. The number of anilines is 1. The average Bonchev–Trinajstić information content (AvgIpc) is 3.27. The number of aromatic nitrogens is 1. The summed E-state index contributed by atoms with van der Waals surface area (Å²) in [6.07, 6.45) is 0. The Morgan fingerprint density at radius 2 is 1.86 bits per heavy atom. The number of carbonyl (C=O) groups is 1. The Hall–Kier alpha value is -3.39. The molecular weight excluding hydrogens is 374 g/mol. The van der Waals surface area contributed by atoms with Crippen molar-refractivity contribution in [3.05, 3.63) is 59.5 Å². The van der Waals surface area contributed by atoms with Crippen molar-refractivity contribution in [2.24, 2.45) is 15.3 Å². The molecule has 1 atom stereocenters. The van der Waals surface area contributed by atoms with Crippen LogP contribution in [0.3, 0.4) is 0 Å². The van der Waals surface area contributed by atoms with E-state index in [0.29, 0.717) is 16.5 Å². The number of hydrogen-bond acceptors (Lipinski definition) is 7. The van der Waals surface area contributed by atoms with Crippen molar-refractivity contribution in [2.45, 2.75) is 19.9 Å². The van der Waals surface area contributed by atoms with Crippen molar-refractivity contribution in [1.29, 1.82) is 0 Å². The third-order valence-electron chi connectivity index (χ3n) is 4.28. The van der Waals surface area contributed by atoms with E-state index in [-0.39, 0.29) is 11.7 Å². The number of thiazole rings is 1. The number of aryl methyl sites for hydroxylation is 1. The first-order chi connectivity index (χ1) is 13.5. The van der Waals surface area contributed by atoms with Crippen molar-refractivity contribution in [2.75, 3.05) is 5.01 Å². The van der Waals surface area contributed by atoms with Gasteiger partial charge in [-0.2, -0.15) is 20.3 Å². The number of hydrazone groups is 1. The van der Waals surface area contributed by atoms with Crippen LogP contribution in [0.5, 0.6) is 5.75 Å². The molecule has 7 nitrogen and oxygen atoms in total. The normalized spacial score (nSPS) is 16.8. The third-order valence-corrected chi connectivity index (χ3v) is 5.10. The molecule has 140 valence electrons. The van der Waals surface area contributed by atoms with Crippen molar-refractivity contribution in [3.63, 3.8) is 0 Å². The van der Waals surface area contributed by atoms with Crippen LogP contribution >= 0.6 is 11.3 Å². The number of benzene rings is 2. The van der Waals surface area contributed by atoms with Gasteiger partial charge in [-0.1, -0.05) is 42.0 Å². The lowest BCUT2D eigenvalue weighted by molar-refractivity contribution is -0.117. The Balaban J connectivity index is 1.55. The first-order valence-electron chi connectivity index (χ1n) is 8.63. The molecule has 0 saturated carbocycles. The topological polar surface area (TPSA) is 90.5 Å². The number of aromatic hydroxyl groups is 1. The second kappa shape index (κ2) is 7.32. The molecule has 2 heterocycles. The number of amides is 1. The zero-order valence-electron chi connectivity index (χ0n) is 15.3. The summed E-state index contributed by atoms with van der Waals surface area (Å²) in [6, 6.07) is 13.8. The average molecular weight is 391 g/mol. The van der Waals surface area contributed by atoms with E-state index < -0.39 is 6.04 Å². The fourth-order valence-corrected chi connectivity index (χ4v) is 3.50. The number of rotatable bonds is 4. The Morgan fingerprint density at radius 3 is 2.61 bits per heavy atom. The first kappa shape index (κ1) is 18.0. The fourth-order valence-electron chi connectivity index (χ4n) is 2.71. The molecule has 1 N–H and O–H groups in total. The highest BCUT2D eigenvalue weighted by molar-refractivity contribution is 7.14. The summed E-state index contributed by atoms with van der Waals surface area (Å²) in [5.74, 6) is -0.313. The minimum atomic E-state index is -0.827. The van der Waals surface area contributed by atoms with Crippen molar-refractivity contribution >= 4 is 33.8 Å². The summed E-state index contributed by atoms with van der Waals surface area (Å²) in [5.41, 5.74) is 3.77. The van der Waals surface area contributed by atoms with Crippen LogP contribution in [-0.2, 0) is 4.79 Å². The second-order valence-electron chi connectivity index (χ2n) is 6.38. The lowest BCUT2D eigenvalue weighted by Gasteiger charge is -2.08. The maximum Gasteiger partial charge on any atom is 0.282 e. The number of phenols is 1. The molecule has 4 rings (SSSR count). The predicted octanol–water partition coefficient (Wildman–Crippen LogP) is 4.70. The molecule has 0 aliphatic carbocycles. The van der Waals surface area contributed by atoms with Gasteiger partial charge in [-0.15, -0.1) is 11.3 Å². The van der Waals surface area contributed by atoms with Crippen LogP contribution in [-0.4, -0.2) is 27.8 Å². The highest BCUT2D eigenvalue weighted by Gasteiger charge is 2.36. The predicted molar refractivity (Wildman–Crippen MR) is 109 cm³/mol. The monoisotopic (exact) mass is 391 g/mol. The summed E-state index contributed by atoms with van der Waals surface area (Å²) in [6.45, 7) is 3.75. The van der Waals surface area contributed by atoms with Crippen LogP contribution < -0.4 is 5.01 Å². The van der Waals surface area contributed by atoms with Crippen LogP contribution in [0.25, 0.3) is 11.3 Å². The number of carbonyl (C=O) groups excluding carboxylic acids is 1. The first-order valence-corrected chi connectivity index (χ1v) is 9.51. The Morgan fingerprint density at radius 1 is 1.11 bits per heavy atom. The minimum Gasteiger partial charge on any atom is -0.506 e. The largest absolute Gasteiger partial charge is 0.506 e. The van der Waals surface area contributed by atoms with E-state index >= 15 is 0 Å². The van der Waals surface area contributed by atoms with Gasteiger partial charge in [0.25, 0.3) is 5.91 Å². The zero-order valence-corrected chi connectivity index (χ0v) is 16.1. The van der Waals surface area contributed by atoms with Gasteiger partial charge >= 0.3 is 0 Å². The van der Waals surface area contributed by atoms with Gasteiger partial charge in [0, 0.05) is 10.9 Å². The quantitative estimate of drug-likeness (QED) is 0.654. The Bertz CT molecular complexity index is 1090. The summed E-state index contributed by atoms with van der Waals surface area (Å²) < 4.78 is 0. The van der Waals surface area contributed by atoms with Crippen LogP contribution in [0.4, 0.5) is 10.8 Å². The lowest BCUT2D eigenvalue weighted by Crippen LogP contribution is -2.29. The van der Waals surface area contributed by atoms with E-state index in [1.54, 1.807) is 25.1 Å². The van der Waals surface area contributed by atoms with Gasteiger partial charge in [-0.05, 0) is 26.0 Å². The molecule has 1 amide bonds. The molecule has 2 aromatic carbocycles. The smallest absolute Gasteiger partial charge is 0.282 e. The number of phenolic OH excluding ortho intramolecular Hbond substituents is 1. The van der Waals surface area contributed by atoms with Crippen LogP contribution in [0.15, 0.2) is 69.2 Å². The molecule has 1 aliphatic heterocycles. The van der Waals surface area contributed by atoms with Crippen molar-refractivity contribution in [3.8, 4) is 17.0 Å². The second-order valence-corrected chi connectivity index (χ2v) is 7.22. The molecule has 0 saturated heterocycles. The number of nitrogens with zero attached hydrogens (tertiary/aromatic N) is 5. The van der Waals surface area contributed by atoms with Gasteiger partial charge in [0.2, 0.25) is 5.13 Å². The van der Waals surface area contributed by atoms with Crippen LogP contribution in [0, 0.1) is 6.92 Å². The highest BCUT2D eigenvalue weighted by atomic mass is 32.1. The van der Waals surface area contributed by atoms with E-state index in [1.165, 1.54) is 28.0 Å². The molecule has 0 spiro atoms. The molecular formula is C20H17N5O2S. The molecule has 1 aromatic heterocycles. The highest BCUT2D eigenvalue weighted by Crippen LogP contribution is 2.31. The molecule has 1 aliphatic rings. The van der Waals surface area contributed by atoms with E-state index in [4.69, 9.17) is 0 Å². The van der Waals surface area contributed by atoms with Gasteiger partial charge in [0.15, 0.2) is 6.04 Å². The van der Waals surface area contributed by atoms with Gasteiger partial charge in [0.1, 0.15) is 11.4 Å². The SMILES string of the molecule is CC1=NN(c2nc(-c3ccc(C)cc3)cs2)C(=O)[C@H]1N=Nc1ccccc1O. The van der Waals surface area contributed by atoms with E-state index in [2.05, 4.69) is 20.3 Å². The molecule has 0 bridgehead atoms. The third kappa shape index (κ3) is 3.41. The van der Waals surface area contributed by atoms with E-state index in [0.717, 1.165) is 11.3 Å². The number of para-hydroxylation sites is 1. The number of azo groups is 1. The molecule has 3 aromatic rings. The fraction of sp³-hybridized carbons (Fsp3) is 0.150. The van der Waals surface area contributed by atoms with E-state index in [9.17, 15) is 9.90 Å². The summed E-state index contributed by atoms with van der Waals surface area (Å²) in [7, 11) is 0. The van der Waals surface area contributed by atoms with Gasteiger partial charge in [0.05, 0.1) is 11.4 Å². The molecule has 28 heavy (non-hydrogen) atoms. The summed E-state index contributed by atoms with van der Waals surface area (Å²) in [4.78, 5) is 17.3. The van der Waals surface area contributed by atoms with E-state index in [1.807, 2.05) is 36.6 Å². The van der Waals surface area contributed by atoms with Crippen molar-refractivity contribution in [1.82, 2.24) is 4.98 Å². The Kier molecular flexibility index (Phi) is 4.70. The molecule has 0 radical (unpaired) electrons. The Labute approximate surface area is 165 Å². The number of hydrogen-bond donors (Lipinski definition) is 1. The minimum absolute atomic E-state index is 0.00538. The maximum absolute atomic E-state index is 12.8. The molecule has 8 heteroatoms. The maximum atomic E-state index is 12.8. The standard InChI is InChI=1S/C20H17N5O2S/c1-12-7-9-14(10-8-12)16-11-28-20(21-16)25-19(27)18(13(2)24-25)23-22-15-5-3-4-6-17(15)26/h3-11,18,26H,1-2H3/t18-/m0/s1. The van der Waals surface area contributed by atoms with Crippen LogP contribution in [0.1, 0.15) is 12.5 Å². The van der Waals surface area contributed by atoms with Crippen LogP contribution in [0.2, 0.25) is 0 Å². The summed E-state index contributed by atoms with van der Waals surface area (Å²) in [5, 5.41) is 25.8. The van der Waals surface area contributed by atoms with Crippen molar-refractivity contribution < 1.29 is 9.90 Å². The lowest BCUT2D eigenvalue weighted by atomic mass is 10.1.